The number of Topliss-reactive ketones (excluding diaryl/α,β-unsaturated/α-hetero) is 1. The highest BCUT2D eigenvalue weighted by molar-refractivity contribution is 5.98. The van der Waals surface area contributed by atoms with E-state index in [4.69, 9.17) is 4.74 Å². The lowest BCUT2D eigenvalue weighted by molar-refractivity contribution is -0.131. The van der Waals surface area contributed by atoms with Gasteiger partial charge < -0.3 is 14.5 Å². The minimum Gasteiger partial charge on any atom is -0.453 e. The first-order valence-electron chi connectivity index (χ1n) is 9.84. The van der Waals surface area contributed by atoms with Gasteiger partial charge in [0.15, 0.2) is 5.78 Å². The van der Waals surface area contributed by atoms with Gasteiger partial charge in [0.1, 0.15) is 0 Å². The van der Waals surface area contributed by atoms with Gasteiger partial charge in [0.05, 0.1) is 7.11 Å². The topological polar surface area (TPSA) is 66.9 Å². The SMILES string of the molecule is COC(=O)N1CCCN(C(=O)CCC(=O)c2ccc3c(c2)CCCC3)CC1. The second kappa shape index (κ2) is 9.02. The van der Waals surface area contributed by atoms with Gasteiger partial charge in [0.2, 0.25) is 5.91 Å². The summed E-state index contributed by atoms with van der Waals surface area (Å²) in [4.78, 5) is 40.0. The molecule has 6 nitrogen and oxygen atoms in total. The number of nitrogens with zero attached hydrogens (tertiary/aromatic N) is 2. The third-order valence-electron chi connectivity index (χ3n) is 5.52. The molecule has 2 aliphatic rings. The van der Waals surface area contributed by atoms with Crippen LogP contribution in [0.2, 0.25) is 0 Å². The molecule has 1 heterocycles. The molecule has 1 saturated heterocycles. The van der Waals surface area contributed by atoms with Crippen LogP contribution in [0.3, 0.4) is 0 Å². The van der Waals surface area contributed by atoms with E-state index in [-0.39, 0.29) is 30.6 Å². The van der Waals surface area contributed by atoms with Crippen molar-refractivity contribution in [3.05, 3.63) is 34.9 Å². The number of fused-ring (bicyclic) bond motifs is 1. The average Bonchev–Trinajstić information content (AvgIpc) is 2.97. The van der Waals surface area contributed by atoms with E-state index in [1.54, 1.807) is 9.80 Å². The summed E-state index contributed by atoms with van der Waals surface area (Å²) in [5.41, 5.74) is 3.36. The molecule has 1 aliphatic heterocycles. The van der Waals surface area contributed by atoms with Crippen LogP contribution < -0.4 is 0 Å². The minimum absolute atomic E-state index is 0.0203. The molecule has 0 radical (unpaired) electrons. The van der Waals surface area contributed by atoms with Gasteiger partial charge in [-0.2, -0.15) is 0 Å². The Bertz CT molecular complexity index is 716. The number of ketones is 1. The molecule has 0 atom stereocenters. The first-order valence-corrected chi connectivity index (χ1v) is 9.84. The van der Waals surface area contributed by atoms with Crippen molar-refractivity contribution in [2.24, 2.45) is 0 Å². The lowest BCUT2D eigenvalue weighted by Crippen LogP contribution is -2.37. The van der Waals surface area contributed by atoms with E-state index in [0.29, 0.717) is 26.2 Å². The Morgan fingerprint density at radius 1 is 0.889 bits per heavy atom. The van der Waals surface area contributed by atoms with E-state index in [9.17, 15) is 14.4 Å². The molecular weight excluding hydrogens is 344 g/mol. The van der Waals surface area contributed by atoms with Gasteiger partial charge in [0, 0.05) is 44.6 Å². The lowest BCUT2D eigenvalue weighted by Gasteiger charge is -2.21. The zero-order chi connectivity index (χ0) is 19.2. The predicted molar refractivity (Wildman–Crippen MR) is 102 cm³/mol. The van der Waals surface area contributed by atoms with Crippen molar-refractivity contribution in [3.8, 4) is 0 Å². The van der Waals surface area contributed by atoms with Gasteiger partial charge in [0.25, 0.3) is 0 Å². The second-order valence-corrected chi connectivity index (χ2v) is 7.31. The van der Waals surface area contributed by atoms with Crippen LogP contribution in [0.15, 0.2) is 18.2 Å². The molecule has 3 rings (SSSR count). The number of hydrogen-bond acceptors (Lipinski definition) is 4. The van der Waals surface area contributed by atoms with Crippen molar-refractivity contribution in [3.63, 3.8) is 0 Å². The van der Waals surface area contributed by atoms with Gasteiger partial charge in [-0.1, -0.05) is 12.1 Å². The van der Waals surface area contributed by atoms with Crippen LogP contribution in [0.4, 0.5) is 4.79 Å². The Balaban J connectivity index is 1.51. The standard InChI is InChI=1S/C21H28N2O4/c1-27-21(26)23-12-4-11-22(13-14-23)20(25)10-9-19(24)18-8-7-16-5-2-3-6-17(16)15-18/h7-8,15H,2-6,9-14H2,1H3. The number of rotatable bonds is 4. The molecular formula is C21H28N2O4. The maximum Gasteiger partial charge on any atom is 0.409 e. The van der Waals surface area contributed by atoms with Crippen molar-refractivity contribution in [2.75, 3.05) is 33.3 Å². The van der Waals surface area contributed by atoms with E-state index in [1.807, 2.05) is 12.1 Å². The van der Waals surface area contributed by atoms with Gasteiger partial charge in [-0.3, -0.25) is 9.59 Å². The number of methoxy groups -OCH3 is 1. The summed E-state index contributed by atoms with van der Waals surface area (Å²) < 4.78 is 4.75. The molecule has 0 unspecified atom stereocenters. The zero-order valence-electron chi connectivity index (χ0n) is 16.0. The molecule has 1 aromatic carbocycles. The molecule has 0 spiro atoms. The normalized spacial score (nSPS) is 17.1. The summed E-state index contributed by atoms with van der Waals surface area (Å²) in [6.45, 7) is 2.15. The molecule has 146 valence electrons. The quantitative estimate of drug-likeness (QED) is 0.762. The number of ether oxygens (including phenoxy) is 1. The number of hydrogen-bond donors (Lipinski definition) is 0. The average molecular weight is 372 g/mol. The number of carbonyl (C=O) groups is 3. The Kier molecular flexibility index (Phi) is 6.48. The molecule has 0 bridgehead atoms. The van der Waals surface area contributed by atoms with Crippen molar-refractivity contribution in [2.45, 2.75) is 44.9 Å². The molecule has 2 amide bonds. The third kappa shape index (κ3) is 4.87. The van der Waals surface area contributed by atoms with E-state index in [1.165, 1.54) is 31.1 Å². The number of amides is 2. The Morgan fingerprint density at radius 3 is 2.37 bits per heavy atom. The fourth-order valence-electron chi connectivity index (χ4n) is 3.91. The first-order chi connectivity index (χ1) is 13.1. The number of benzene rings is 1. The summed E-state index contributed by atoms with van der Waals surface area (Å²) in [7, 11) is 1.36. The van der Waals surface area contributed by atoms with Crippen molar-refractivity contribution in [1.82, 2.24) is 9.80 Å². The molecule has 27 heavy (non-hydrogen) atoms. The summed E-state index contributed by atoms with van der Waals surface area (Å²) in [6, 6.07) is 5.98. The van der Waals surface area contributed by atoms with E-state index in [0.717, 1.165) is 24.8 Å². The van der Waals surface area contributed by atoms with Gasteiger partial charge in [-0.15, -0.1) is 0 Å². The molecule has 0 N–H and O–H groups in total. The fourth-order valence-corrected chi connectivity index (χ4v) is 3.91. The lowest BCUT2D eigenvalue weighted by atomic mass is 9.89. The van der Waals surface area contributed by atoms with Gasteiger partial charge in [-0.05, 0) is 49.3 Å². The van der Waals surface area contributed by atoms with Crippen LogP contribution in [0, 0.1) is 0 Å². The van der Waals surface area contributed by atoms with E-state index >= 15 is 0 Å². The highest BCUT2D eigenvalue weighted by Crippen LogP contribution is 2.23. The van der Waals surface area contributed by atoms with E-state index < -0.39 is 0 Å². The first kappa shape index (κ1) is 19.4. The van der Waals surface area contributed by atoms with Crippen molar-refractivity contribution in [1.29, 1.82) is 0 Å². The third-order valence-corrected chi connectivity index (χ3v) is 5.52. The van der Waals surface area contributed by atoms with Crippen LogP contribution in [0.5, 0.6) is 0 Å². The highest BCUT2D eigenvalue weighted by atomic mass is 16.5. The molecule has 0 aromatic heterocycles. The maximum absolute atomic E-state index is 12.5. The molecule has 1 aromatic rings. The summed E-state index contributed by atoms with van der Waals surface area (Å²) in [6.07, 6.45) is 5.35. The number of aryl methyl sites for hydroxylation is 2. The highest BCUT2D eigenvalue weighted by Gasteiger charge is 2.23. The predicted octanol–water partition coefficient (Wildman–Crippen LogP) is 2.83. The van der Waals surface area contributed by atoms with Crippen LogP contribution in [-0.2, 0) is 22.4 Å². The molecule has 0 saturated carbocycles. The molecule has 1 fully saturated rings. The molecule has 6 heteroatoms. The monoisotopic (exact) mass is 372 g/mol. The summed E-state index contributed by atoms with van der Waals surface area (Å²) >= 11 is 0. The molecule has 1 aliphatic carbocycles. The Labute approximate surface area is 160 Å². The van der Waals surface area contributed by atoms with Crippen LogP contribution in [0.1, 0.15) is 53.6 Å². The summed E-state index contributed by atoms with van der Waals surface area (Å²) in [5, 5.41) is 0. The second-order valence-electron chi connectivity index (χ2n) is 7.31. The summed E-state index contributed by atoms with van der Waals surface area (Å²) in [5.74, 6) is 0.00996. The van der Waals surface area contributed by atoms with Crippen molar-refractivity contribution >= 4 is 17.8 Å². The smallest absolute Gasteiger partial charge is 0.409 e. The van der Waals surface area contributed by atoms with Crippen molar-refractivity contribution < 1.29 is 19.1 Å². The number of carbonyl (C=O) groups excluding carboxylic acids is 3. The minimum atomic E-state index is -0.355. The zero-order valence-corrected chi connectivity index (χ0v) is 16.0. The van der Waals surface area contributed by atoms with Crippen LogP contribution in [-0.4, -0.2) is 60.9 Å². The van der Waals surface area contributed by atoms with Crippen LogP contribution in [0.25, 0.3) is 0 Å². The Hall–Kier alpha value is -2.37. The van der Waals surface area contributed by atoms with E-state index in [2.05, 4.69) is 6.07 Å². The van der Waals surface area contributed by atoms with Gasteiger partial charge in [-0.25, -0.2) is 4.79 Å². The largest absolute Gasteiger partial charge is 0.453 e. The fraction of sp³-hybridized carbons (Fsp3) is 0.571. The van der Waals surface area contributed by atoms with Gasteiger partial charge >= 0.3 is 6.09 Å². The maximum atomic E-state index is 12.5. The Morgan fingerprint density at radius 2 is 1.59 bits per heavy atom. The van der Waals surface area contributed by atoms with Crippen LogP contribution >= 0.6 is 0 Å².